The van der Waals surface area contributed by atoms with Crippen molar-refractivity contribution in [3.8, 4) is 0 Å². The van der Waals surface area contributed by atoms with Gasteiger partial charge in [0.2, 0.25) is 0 Å². The molecule has 20 heavy (non-hydrogen) atoms. The molecule has 0 aromatic carbocycles. The van der Waals surface area contributed by atoms with Gasteiger partial charge in [0.15, 0.2) is 5.82 Å². The maximum atomic E-state index is 13.5. The van der Waals surface area contributed by atoms with E-state index in [0.717, 1.165) is 17.5 Å². The Morgan fingerprint density at radius 1 is 1.45 bits per heavy atom. The molecule has 0 fully saturated rings. The Morgan fingerprint density at radius 2 is 2.20 bits per heavy atom. The molecular formula is C13H11FN2O3S. The third-order valence-electron chi connectivity index (χ3n) is 2.60. The fourth-order valence-electron chi connectivity index (χ4n) is 1.58. The van der Waals surface area contributed by atoms with Crippen molar-refractivity contribution in [1.29, 1.82) is 0 Å². The summed E-state index contributed by atoms with van der Waals surface area (Å²) < 4.78 is 18.1. The van der Waals surface area contributed by atoms with Crippen LogP contribution in [0.5, 0.6) is 0 Å². The molecule has 2 aromatic heterocycles. The van der Waals surface area contributed by atoms with E-state index in [-0.39, 0.29) is 10.4 Å². The summed E-state index contributed by atoms with van der Waals surface area (Å²) >= 11 is 1.15. The van der Waals surface area contributed by atoms with Crippen LogP contribution in [0.25, 0.3) is 0 Å². The minimum Gasteiger partial charge on any atom is -0.465 e. The van der Waals surface area contributed by atoms with Gasteiger partial charge in [0, 0.05) is 6.20 Å². The lowest BCUT2D eigenvalue weighted by Crippen LogP contribution is -2.16. The van der Waals surface area contributed by atoms with Gasteiger partial charge in [0.05, 0.1) is 24.6 Å². The van der Waals surface area contributed by atoms with Crippen LogP contribution >= 0.6 is 11.3 Å². The molecule has 0 bridgehead atoms. The largest absolute Gasteiger partial charge is 0.465 e. The normalized spacial score (nSPS) is 10.2. The highest BCUT2D eigenvalue weighted by Gasteiger charge is 2.20. The van der Waals surface area contributed by atoms with Crippen LogP contribution in [0, 0.1) is 12.7 Å². The zero-order valence-corrected chi connectivity index (χ0v) is 11.6. The van der Waals surface area contributed by atoms with Crippen molar-refractivity contribution >= 4 is 28.9 Å². The summed E-state index contributed by atoms with van der Waals surface area (Å²) in [6, 6.07) is 1.27. The second kappa shape index (κ2) is 5.79. The van der Waals surface area contributed by atoms with Crippen molar-refractivity contribution in [2.75, 3.05) is 12.4 Å². The van der Waals surface area contributed by atoms with E-state index in [0.29, 0.717) is 11.3 Å². The summed E-state index contributed by atoms with van der Waals surface area (Å²) in [4.78, 5) is 27.5. The van der Waals surface area contributed by atoms with Crippen LogP contribution in [0.2, 0.25) is 0 Å². The minimum absolute atomic E-state index is 0.138. The zero-order valence-electron chi connectivity index (χ0n) is 10.8. The van der Waals surface area contributed by atoms with Crippen LogP contribution in [0.15, 0.2) is 23.8 Å². The highest BCUT2D eigenvalue weighted by atomic mass is 32.1. The number of methoxy groups -OCH3 is 1. The Morgan fingerprint density at radius 3 is 2.85 bits per heavy atom. The number of amides is 1. The molecule has 2 heterocycles. The molecule has 0 saturated carbocycles. The number of pyridine rings is 1. The molecule has 0 aliphatic heterocycles. The lowest BCUT2D eigenvalue weighted by atomic mass is 10.2. The number of thiophene rings is 1. The first-order valence-electron chi connectivity index (χ1n) is 5.62. The standard InChI is InChI=1S/C13H11FN2O3S/c1-7-6-20-11(13(18)19-2)10(7)16-12(17)8-3-4-15-5-9(8)14/h3-6H,1-2H3,(H,16,17). The average molecular weight is 294 g/mol. The molecule has 2 rings (SSSR count). The van der Waals surface area contributed by atoms with Crippen LogP contribution < -0.4 is 5.32 Å². The summed E-state index contributed by atoms with van der Waals surface area (Å²) in [6.45, 7) is 1.74. The lowest BCUT2D eigenvalue weighted by molar-refractivity contribution is 0.0607. The summed E-state index contributed by atoms with van der Waals surface area (Å²) in [5.74, 6) is -1.91. The number of carbonyl (C=O) groups excluding carboxylic acids is 2. The molecule has 0 unspecified atom stereocenters. The monoisotopic (exact) mass is 294 g/mol. The summed E-state index contributed by atoms with van der Waals surface area (Å²) in [7, 11) is 1.26. The smallest absolute Gasteiger partial charge is 0.350 e. The number of hydrogen-bond acceptors (Lipinski definition) is 5. The SMILES string of the molecule is COC(=O)c1scc(C)c1NC(=O)c1ccncc1F. The van der Waals surface area contributed by atoms with E-state index in [4.69, 9.17) is 0 Å². The van der Waals surface area contributed by atoms with E-state index in [9.17, 15) is 14.0 Å². The number of carbonyl (C=O) groups is 2. The van der Waals surface area contributed by atoms with Crippen LogP contribution in [-0.2, 0) is 4.74 Å². The van der Waals surface area contributed by atoms with Gasteiger partial charge < -0.3 is 10.1 Å². The van der Waals surface area contributed by atoms with Crippen molar-refractivity contribution in [3.05, 3.63) is 45.7 Å². The van der Waals surface area contributed by atoms with Crippen molar-refractivity contribution in [1.82, 2.24) is 4.98 Å². The molecule has 0 radical (unpaired) electrons. The quantitative estimate of drug-likeness (QED) is 0.884. The second-order valence-corrected chi connectivity index (χ2v) is 4.80. The molecule has 5 nitrogen and oxygen atoms in total. The molecule has 0 atom stereocenters. The first kappa shape index (κ1) is 14.1. The van der Waals surface area contributed by atoms with Gasteiger partial charge in [-0.3, -0.25) is 9.78 Å². The molecular weight excluding hydrogens is 283 g/mol. The van der Waals surface area contributed by atoms with E-state index >= 15 is 0 Å². The number of anilines is 1. The summed E-state index contributed by atoms with van der Waals surface area (Å²) in [5, 5.41) is 4.25. The van der Waals surface area contributed by atoms with E-state index in [1.807, 2.05) is 0 Å². The summed E-state index contributed by atoms with van der Waals surface area (Å²) in [5.41, 5.74) is 0.905. The van der Waals surface area contributed by atoms with Crippen molar-refractivity contribution in [2.45, 2.75) is 6.92 Å². The van der Waals surface area contributed by atoms with E-state index in [1.54, 1.807) is 12.3 Å². The van der Waals surface area contributed by atoms with Crippen molar-refractivity contribution in [2.24, 2.45) is 0 Å². The summed E-state index contributed by atoms with van der Waals surface area (Å²) in [6.07, 6.45) is 2.27. The predicted molar refractivity (Wildman–Crippen MR) is 72.5 cm³/mol. The molecule has 7 heteroatoms. The van der Waals surface area contributed by atoms with Gasteiger partial charge in [-0.1, -0.05) is 0 Å². The zero-order chi connectivity index (χ0) is 14.7. The maximum absolute atomic E-state index is 13.5. The Kier molecular flexibility index (Phi) is 4.09. The van der Waals surface area contributed by atoms with E-state index < -0.39 is 17.7 Å². The molecule has 0 aliphatic carbocycles. The average Bonchev–Trinajstić information content (AvgIpc) is 2.80. The van der Waals surface area contributed by atoms with E-state index in [2.05, 4.69) is 15.0 Å². The van der Waals surface area contributed by atoms with Gasteiger partial charge in [0.25, 0.3) is 5.91 Å². The number of hydrogen-bond donors (Lipinski definition) is 1. The van der Waals surface area contributed by atoms with Gasteiger partial charge in [-0.15, -0.1) is 11.3 Å². The fraction of sp³-hybridized carbons (Fsp3) is 0.154. The third kappa shape index (κ3) is 2.67. The highest BCUT2D eigenvalue weighted by Crippen LogP contribution is 2.28. The number of rotatable bonds is 3. The van der Waals surface area contributed by atoms with Crippen LogP contribution in [0.4, 0.5) is 10.1 Å². The van der Waals surface area contributed by atoms with Gasteiger partial charge >= 0.3 is 5.97 Å². The maximum Gasteiger partial charge on any atom is 0.350 e. The third-order valence-corrected chi connectivity index (χ3v) is 3.68. The molecule has 0 spiro atoms. The molecule has 1 N–H and O–H groups in total. The topological polar surface area (TPSA) is 68.3 Å². The van der Waals surface area contributed by atoms with Gasteiger partial charge in [-0.05, 0) is 23.9 Å². The number of aromatic nitrogens is 1. The number of aryl methyl sites for hydroxylation is 1. The number of ether oxygens (including phenoxy) is 1. The molecule has 104 valence electrons. The van der Waals surface area contributed by atoms with Gasteiger partial charge in [-0.25, -0.2) is 9.18 Å². The van der Waals surface area contributed by atoms with E-state index in [1.165, 1.54) is 19.4 Å². The first-order valence-corrected chi connectivity index (χ1v) is 6.49. The van der Waals surface area contributed by atoms with Gasteiger partial charge in [0.1, 0.15) is 4.88 Å². The predicted octanol–water partition coefficient (Wildman–Crippen LogP) is 2.63. The number of nitrogens with zero attached hydrogens (tertiary/aromatic N) is 1. The molecule has 1 amide bonds. The van der Waals surface area contributed by atoms with Crippen LogP contribution in [0.1, 0.15) is 25.6 Å². The number of esters is 1. The lowest BCUT2D eigenvalue weighted by Gasteiger charge is -2.07. The fourth-order valence-corrected chi connectivity index (χ4v) is 2.50. The van der Waals surface area contributed by atoms with Gasteiger partial charge in [-0.2, -0.15) is 0 Å². The molecule has 0 saturated heterocycles. The first-order chi connectivity index (χ1) is 9.54. The Bertz CT molecular complexity index is 669. The number of nitrogens with one attached hydrogen (secondary N) is 1. The Balaban J connectivity index is 2.31. The van der Waals surface area contributed by atoms with Crippen molar-refractivity contribution in [3.63, 3.8) is 0 Å². The van der Waals surface area contributed by atoms with Crippen molar-refractivity contribution < 1.29 is 18.7 Å². The molecule has 0 aliphatic rings. The number of halogens is 1. The second-order valence-electron chi connectivity index (χ2n) is 3.92. The Labute approximate surface area is 118 Å². The molecule has 2 aromatic rings. The van der Waals surface area contributed by atoms with Crippen LogP contribution in [0.3, 0.4) is 0 Å². The van der Waals surface area contributed by atoms with Crippen LogP contribution in [-0.4, -0.2) is 24.0 Å². The highest BCUT2D eigenvalue weighted by molar-refractivity contribution is 7.12. The minimum atomic E-state index is -0.725. The Hall–Kier alpha value is -2.28.